The molecule has 0 aliphatic carbocycles. The number of primary amides is 1. The predicted molar refractivity (Wildman–Crippen MR) is 111 cm³/mol. The van der Waals surface area contributed by atoms with Gasteiger partial charge < -0.3 is 40.1 Å². The van der Waals surface area contributed by atoms with Crippen molar-refractivity contribution < 1.29 is 38.1 Å². The molecule has 0 aromatic rings. The van der Waals surface area contributed by atoms with Crippen LogP contribution in [0.3, 0.4) is 0 Å². The van der Waals surface area contributed by atoms with Gasteiger partial charge in [0.1, 0.15) is 12.4 Å². The van der Waals surface area contributed by atoms with Crippen LogP contribution in [0.4, 0.5) is 0 Å². The molecule has 2 heterocycles. The molecule has 11 nitrogen and oxygen atoms in total. The number of ether oxygens (including phenoxy) is 4. The van der Waals surface area contributed by atoms with Crippen LogP contribution in [-0.4, -0.2) is 72.3 Å². The quantitative estimate of drug-likeness (QED) is 0.333. The number of allylic oxidation sites excluding steroid dienone is 1. The van der Waals surface area contributed by atoms with E-state index in [1.54, 1.807) is 26.1 Å². The van der Waals surface area contributed by atoms with Crippen molar-refractivity contribution in [3.63, 3.8) is 0 Å². The summed E-state index contributed by atoms with van der Waals surface area (Å²) >= 11 is 0. The first-order valence-electron chi connectivity index (χ1n) is 10.3. The van der Waals surface area contributed by atoms with Crippen LogP contribution in [0.25, 0.3) is 0 Å². The number of hydrogen-bond donors (Lipinski definition) is 2. The molecule has 0 aromatic carbocycles. The van der Waals surface area contributed by atoms with Crippen LogP contribution in [0.15, 0.2) is 24.0 Å². The van der Waals surface area contributed by atoms with E-state index in [1.807, 2.05) is 0 Å². The average molecular weight is 453 g/mol. The average Bonchev–Trinajstić information content (AvgIpc) is 3.03. The second-order valence-electron chi connectivity index (χ2n) is 8.17. The maximum atomic E-state index is 11.8. The summed E-state index contributed by atoms with van der Waals surface area (Å²) in [7, 11) is 0. The number of amides is 1. The highest BCUT2D eigenvalue weighted by molar-refractivity contribution is 5.92. The SMILES string of the molecule is CC(=O)O[C@@H]1[C@H](OC(C)=O)[C@@H](COC[C@@](N)(C=O)C(C)C)O[C@H]1N1C=CCC(C(N)=O)=C1. The minimum absolute atomic E-state index is 0.0843. The molecule has 0 saturated carbocycles. The Balaban J connectivity index is 2.26. The molecule has 2 aliphatic rings. The molecule has 0 aromatic heterocycles. The van der Waals surface area contributed by atoms with E-state index in [4.69, 9.17) is 30.4 Å². The van der Waals surface area contributed by atoms with Crippen molar-refractivity contribution in [2.75, 3.05) is 13.2 Å². The van der Waals surface area contributed by atoms with Gasteiger partial charge in [0.2, 0.25) is 5.91 Å². The number of hydrogen-bond acceptors (Lipinski definition) is 10. The molecule has 32 heavy (non-hydrogen) atoms. The van der Waals surface area contributed by atoms with Crippen molar-refractivity contribution in [2.24, 2.45) is 17.4 Å². The van der Waals surface area contributed by atoms with E-state index < -0.39 is 47.9 Å². The van der Waals surface area contributed by atoms with E-state index in [9.17, 15) is 19.2 Å². The van der Waals surface area contributed by atoms with Crippen LogP contribution in [0.2, 0.25) is 0 Å². The summed E-state index contributed by atoms with van der Waals surface area (Å²) in [6.07, 6.45) is 2.06. The molecule has 0 spiro atoms. The molecule has 11 heteroatoms. The van der Waals surface area contributed by atoms with Gasteiger partial charge in [-0.2, -0.15) is 0 Å². The molecule has 4 N–H and O–H groups in total. The Morgan fingerprint density at radius 2 is 1.88 bits per heavy atom. The van der Waals surface area contributed by atoms with Gasteiger partial charge in [-0.05, 0) is 12.3 Å². The van der Waals surface area contributed by atoms with Gasteiger partial charge in [0.15, 0.2) is 18.4 Å². The summed E-state index contributed by atoms with van der Waals surface area (Å²) in [4.78, 5) is 48.0. The zero-order valence-electron chi connectivity index (χ0n) is 18.7. The van der Waals surface area contributed by atoms with Gasteiger partial charge in [-0.15, -0.1) is 0 Å². The molecule has 0 unspecified atom stereocenters. The van der Waals surface area contributed by atoms with E-state index in [1.165, 1.54) is 24.9 Å². The van der Waals surface area contributed by atoms with E-state index in [0.717, 1.165) is 0 Å². The largest absolute Gasteiger partial charge is 0.456 e. The minimum Gasteiger partial charge on any atom is -0.456 e. The van der Waals surface area contributed by atoms with Gasteiger partial charge in [-0.25, -0.2) is 0 Å². The van der Waals surface area contributed by atoms with E-state index in [-0.39, 0.29) is 19.1 Å². The summed E-state index contributed by atoms with van der Waals surface area (Å²) in [6.45, 7) is 5.86. The van der Waals surface area contributed by atoms with Crippen molar-refractivity contribution >= 4 is 24.1 Å². The Kier molecular flexibility index (Phi) is 8.53. The highest BCUT2D eigenvalue weighted by Crippen LogP contribution is 2.32. The third-order valence-electron chi connectivity index (χ3n) is 5.35. The third kappa shape index (κ3) is 6.15. The first-order valence-corrected chi connectivity index (χ1v) is 10.3. The Bertz CT molecular complexity index is 796. The van der Waals surface area contributed by atoms with Gasteiger partial charge in [0.25, 0.3) is 0 Å². The fourth-order valence-corrected chi connectivity index (χ4v) is 3.32. The maximum Gasteiger partial charge on any atom is 0.303 e. The number of aldehydes is 1. The first-order chi connectivity index (χ1) is 15.0. The lowest BCUT2D eigenvalue weighted by Gasteiger charge is -2.30. The van der Waals surface area contributed by atoms with E-state index >= 15 is 0 Å². The number of carbonyl (C=O) groups excluding carboxylic acids is 4. The van der Waals surface area contributed by atoms with Gasteiger partial charge in [0, 0.05) is 31.8 Å². The molecule has 2 aliphatic heterocycles. The summed E-state index contributed by atoms with van der Waals surface area (Å²) in [5, 5.41) is 0. The second-order valence-corrected chi connectivity index (χ2v) is 8.17. The molecule has 5 atom stereocenters. The molecular formula is C21H31N3O8. The normalized spacial score (nSPS) is 26.9. The summed E-state index contributed by atoms with van der Waals surface area (Å²) in [5.41, 5.74) is 10.6. The highest BCUT2D eigenvalue weighted by Gasteiger charge is 2.51. The molecule has 0 radical (unpaired) electrons. The van der Waals surface area contributed by atoms with Gasteiger partial charge >= 0.3 is 11.9 Å². The molecule has 1 fully saturated rings. The van der Waals surface area contributed by atoms with Crippen molar-refractivity contribution in [1.82, 2.24) is 4.90 Å². The van der Waals surface area contributed by atoms with Gasteiger partial charge in [-0.3, -0.25) is 14.4 Å². The number of rotatable bonds is 10. The molecule has 178 valence electrons. The lowest BCUT2D eigenvalue weighted by atomic mass is 9.90. The lowest BCUT2D eigenvalue weighted by molar-refractivity contribution is -0.166. The minimum atomic E-state index is -1.20. The van der Waals surface area contributed by atoms with Crippen LogP contribution in [0, 0.1) is 5.92 Å². The molecule has 1 saturated heterocycles. The van der Waals surface area contributed by atoms with Crippen molar-refractivity contribution in [1.29, 1.82) is 0 Å². The maximum absolute atomic E-state index is 11.8. The number of nitrogens with zero attached hydrogens (tertiary/aromatic N) is 1. The first kappa shape index (κ1) is 25.5. The standard InChI is InChI=1S/C21H31N3O8/c1-12(2)21(23,10-25)11-29-9-16-17(30-13(3)26)18(31-14(4)27)20(32-16)24-7-5-6-15(8-24)19(22)28/h5,7-8,10,12,16-18,20H,6,9,11,23H2,1-4H3,(H2,22,28)/t16-,17-,18-,20-,21+/m1/s1. The topological polar surface area (TPSA) is 160 Å². The third-order valence-corrected chi connectivity index (χ3v) is 5.35. The Labute approximate surface area is 186 Å². The van der Waals surface area contributed by atoms with Crippen LogP contribution in [-0.2, 0) is 38.1 Å². The number of esters is 2. The van der Waals surface area contributed by atoms with Gasteiger partial charge in [0.05, 0.1) is 18.8 Å². The molecule has 0 bridgehead atoms. The molecule has 1 amide bonds. The van der Waals surface area contributed by atoms with E-state index in [0.29, 0.717) is 18.3 Å². The second kappa shape index (κ2) is 10.7. The van der Waals surface area contributed by atoms with Gasteiger partial charge in [-0.1, -0.05) is 19.9 Å². The lowest BCUT2D eigenvalue weighted by Crippen LogP contribution is -2.51. The van der Waals surface area contributed by atoms with Crippen LogP contribution in [0.1, 0.15) is 34.1 Å². The molecular weight excluding hydrogens is 422 g/mol. The Morgan fingerprint density at radius 1 is 1.25 bits per heavy atom. The smallest absolute Gasteiger partial charge is 0.303 e. The highest BCUT2D eigenvalue weighted by atomic mass is 16.7. The molecule has 2 rings (SSSR count). The zero-order chi connectivity index (χ0) is 24.1. The number of nitrogens with two attached hydrogens (primary N) is 2. The van der Waals surface area contributed by atoms with Crippen molar-refractivity contribution in [2.45, 2.75) is 64.2 Å². The Hall–Kier alpha value is -2.76. The van der Waals surface area contributed by atoms with Crippen molar-refractivity contribution in [3.05, 3.63) is 24.0 Å². The fourth-order valence-electron chi connectivity index (χ4n) is 3.32. The number of carbonyl (C=O) groups is 4. The van der Waals surface area contributed by atoms with E-state index in [2.05, 4.69) is 0 Å². The van der Waals surface area contributed by atoms with Crippen LogP contribution >= 0.6 is 0 Å². The summed E-state index contributed by atoms with van der Waals surface area (Å²) in [5.74, 6) is -1.98. The monoisotopic (exact) mass is 453 g/mol. The summed E-state index contributed by atoms with van der Waals surface area (Å²) < 4.78 is 22.5. The zero-order valence-corrected chi connectivity index (χ0v) is 18.7. The van der Waals surface area contributed by atoms with Crippen molar-refractivity contribution in [3.8, 4) is 0 Å². The Morgan fingerprint density at radius 3 is 2.41 bits per heavy atom. The van der Waals surface area contributed by atoms with Crippen LogP contribution in [0.5, 0.6) is 0 Å². The summed E-state index contributed by atoms with van der Waals surface area (Å²) in [6, 6.07) is 0. The fraction of sp³-hybridized carbons (Fsp3) is 0.619. The predicted octanol–water partition coefficient (Wildman–Crippen LogP) is -0.268. The van der Waals surface area contributed by atoms with Crippen LogP contribution < -0.4 is 11.5 Å².